The first-order chi connectivity index (χ1) is 13.6. The molecule has 5 rings (SSSR count). The van der Waals surface area contributed by atoms with Crippen molar-refractivity contribution >= 4 is 11.3 Å². The molecule has 144 valence electrons. The topological polar surface area (TPSA) is 21.8 Å². The van der Waals surface area contributed by atoms with Crippen LogP contribution in [0.5, 0.6) is 0 Å². The zero-order valence-corrected chi connectivity index (χ0v) is 16.8. The first-order valence-electron chi connectivity index (χ1n) is 9.82. The van der Waals surface area contributed by atoms with E-state index in [9.17, 15) is 4.39 Å². The maximum atomic E-state index is 13.2. The van der Waals surface area contributed by atoms with Gasteiger partial charge >= 0.3 is 0 Å². The van der Waals surface area contributed by atoms with Gasteiger partial charge in [-0.25, -0.2) is 4.39 Å². The molecule has 0 spiro atoms. The number of hydrogen-bond donors (Lipinski definition) is 0. The molecule has 2 aliphatic heterocycles. The predicted molar refractivity (Wildman–Crippen MR) is 110 cm³/mol. The van der Waals surface area contributed by atoms with Crippen LogP contribution in [-0.2, 0) is 15.9 Å². The molecular weight excluding hydrogens is 371 g/mol. The minimum absolute atomic E-state index is 0.121. The maximum Gasteiger partial charge on any atom is 0.123 e. The van der Waals surface area contributed by atoms with Gasteiger partial charge in [0.2, 0.25) is 0 Å². The van der Waals surface area contributed by atoms with E-state index in [4.69, 9.17) is 9.47 Å². The molecule has 0 amide bonds. The van der Waals surface area contributed by atoms with E-state index < -0.39 is 0 Å². The van der Waals surface area contributed by atoms with Crippen LogP contribution in [0, 0.1) is 12.7 Å². The molecule has 2 nitrogen and oxygen atoms in total. The zero-order valence-electron chi connectivity index (χ0n) is 16.0. The summed E-state index contributed by atoms with van der Waals surface area (Å²) in [4.78, 5) is 2.48. The van der Waals surface area contributed by atoms with Crippen molar-refractivity contribution in [2.24, 2.45) is 0 Å². The van der Waals surface area contributed by atoms with Gasteiger partial charge in [0, 0.05) is 22.6 Å². The second-order valence-corrected chi connectivity index (χ2v) is 9.01. The van der Waals surface area contributed by atoms with E-state index in [1.165, 1.54) is 38.6 Å². The predicted octanol–water partition coefficient (Wildman–Crippen LogP) is 6.07. The summed E-state index contributed by atoms with van der Waals surface area (Å²) in [7, 11) is 0. The van der Waals surface area contributed by atoms with Crippen LogP contribution in [-0.4, -0.2) is 18.3 Å². The van der Waals surface area contributed by atoms with Crippen molar-refractivity contribution in [3.63, 3.8) is 0 Å². The Morgan fingerprint density at radius 3 is 2.64 bits per heavy atom. The van der Waals surface area contributed by atoms with Crippen molar-refractivity contribution < 1.29 is 13.9 Å². The summed E-state index contributed by atoms with van der Waals surface area (Å²) >= 11 is 1.77. The molecule has 4 atom stereocenters. The number of fused-ring (bicyclic) bond motifs is 1. The highest BCUT2D eigenvalue weighted by molar-refractivity contribution is 7.15. The van der Waals surface area contributed by atoms with Crippen LogP contribution in [0.3, 0.4) is 0 Å². The average molecular weight is 395 g/mol. The van der Waals surface area contributed by atoms with Gasteiger partial charge in [-0.3, -0.25) is 0 Å². The molecule has 4 heteroatoms. The molecule has 0 bridgehead atoms. The van der Waals surface area contributed by atoms with Crippen LogP contribution >= 0.6 is 11.3 Å². The number of epoxide rings is 1. The Bertz CT molecular complexity index is 994. The molecule has 28 heavy (non-hydrogen) atoms. The zero-order chi connectivity index (χ0) is 19.3. The first-order valence-corrected chi connectivity index (χ1v) is 10.6. The molecule has 1 aromatic heterocycles. The Hall–Kier alpha value is -2.01. The van der Waals surface area contributed by atoms with Crippen molar-refractivity contribution in [3.05, 3.63) is 82.0 Å². The smallest absolute Gasteiger partial charge is 0.123 e. The Kier molecular flexibility index (Phi) is 4.58. The van der Waals surface area contributed by atoms with Crippen LogP contribution in [0.4, 0.5) is 4.39 Å². The number of thiophene rings is 1. The summed E-state index contributed by atoms with van der Waals surface area (Å²) < 4.78 is 25.1. The van der Waals surface area contributed by atoms with Gasteiger partial charge in [0.15, 0.2) is 0 Å². The molecule has 3 aromatic rings. The summed E-state index contributed by atoms with van der Waals surface area (Å²) in [5.74, 6) is -0.199. The van der Waals surface area contributed by atoms with Crippen LogP contribution < -0.4 is 0 Å². The molecular formula is C24H23FO2S. The quantitative estimate of drug-likeness (QED) is 0.501. The second-order valence-electron chi connectivity index (χ2n) is 7.84. The van der Waals surface area contributed by atoms with Gasteiger partial charge in [0.05, 0.1) is 18.3 Å². The fourth-order valence-electron chi connectivity index (χ4n) is 4.09. The van der Waals surface area contributed by atoms with Gasteiger partial charge in [-0.1, -0.05) is 30.3 Å². The lowest BCUT2D eigenvalue weighted by atomic mass is 9.94. The lowest BCUT2D eigenvalue weighted by Gasteiger charge is -2.26. The van der Waals surface area contributed by atoms with Crippen LogP contribution in [0.2, 0.25) is 0 Å². The Balaban J connectivity index is 1.36. The molecule has 0 aliphatic carbocycles. The number of ether oxygens (including phenoxy) is 2. The van der Waals surface area contributed by atoms with Gasteiger partial charge in [-0.15, -0.1) is 11.3 Å². The number of aryl methyl sites for hydroxylation is 1. The summed E-state index contributed by atoms with van der Waals surface area (Å²) in [6.07, 6.45) is 2.81. The SMILES string of the molecule is Cc1ccc(C2CC3OC3C(C)O2)cc1Cc1ccc(-c2ccc(F)cc2)s1. The number of rotatable bonds is 4. The lowest BCUT2D eigenvalue weighted by molar-refractivity contribution is -0.0290. The Morgan fingerprint density at radius 1 is 1.04 bits per heavy atom. The largest absolute Gasteiger partial charge is 0.368 e. The van der Waals surface area contributed by atoms with Gasteiger partial charge in [-0.2, -0.15) is 0 Å². The van der Waals surface area contributed by atoms with E-state index in [1.807, 2.05) is 12.1 Å². The number of halogens is 1. The standard InChI is InChI=1S/C24H23FO2S/c1-14-3-4-17(21-13-22-24(27-22)15(2)26-21)11-18(14)12-20-9-10-23(28-20)16-5-7-19(25)8-6-16/h3-11,15,21-22,24H,12-13H2,1-2H3. The monoisotopic (exact) mass is 394 g/mol. The minimum atomic E-state index is -0.199. The molecule has 2 aliphatic rings. The minimum Gasteiger partial charge on any atom is -0.368 e. The fourth-order valence-corrected chi connectivity index (χ4v) is 5.13. The lowest BCUT2D eigenvalue weighted by Crippen LogP contribution is -2.27. The molecule has 2 fully saturated rings. The number of benzene rings is 2. The molecule has 4 unspecified atom stereocenters. The summed E-state index contributed by atoms with van der Waals surface area (Å²) in [6, 6.07) is 17.7. The Labute approximate surface area is 168 Å². The summed E-state index contributed by atoms with van der Waals surface area (Å²) in [6.45, 7) is 4.27. The summed E-state index contributed by atoms with van der Waals surface area (Å²) in [5, 5.41) is 0. The third kappa shape index (κ3) is 3.52. The molecule has 3 heterocycles. The molecule has 2 saturated heterocycles. The van der Waals surface area contributed by atoms with E-state index >= 15 is 0 Å². The average Bonchev–Trinajstić information content (AvgIpc) is 3.34. The molecule has 2 aromatic carbocycles. The van der Waals surface area contributed by atoms with E-state index in [-0.39, 0.29) is 18.0 Å². The van der Waals surface area contributed by atoms with Gasteiger partial charge in [0.1, 0.15) is 11.9 Å². The highest BCUT2D eigenvalue weighted by Crippen LogP contribution is 2.43. The molecule has 0 N–H and O–H groups in total. The summed E-state index contributed by atoms with van der Waals surface area (Å²) in [5.41, 5.74) is 4.94. The maximum absolute atomic E-state index is 13.2. The van der Waals surface area contributed by atoms with Crippen molar-refractivity contribution in [2.75, 3.05) is 0 Å². The van der Waals surface area contributed by atoms with Crippen molar-refractivity contribution in [1.29, 1.82) is 0 Å². The highest BCUT2D eigenvalue weighted by atomic mass is 32.1. The van der Waals surface area contributed by atoms with Crippen molar-refractivity contribution in [2.45, 2.75) is 51.1 Å². The van der Waals surface area contributed by atoms with E-state index in [2.05, 4.69) is 44.2 Å². The Morgan fingerprint density at radius 2 is 1.86 bits per heavy atom. The van der Waals surface area contributed by atoms with Crippen molar-refractivity contribution in [3.8, 4) is 10.4 Å². The van der Waals surface area contributed by atoms with Crippen molar-refractivity contribution in [1.82, 2.24) is 0 Å². The normalized spacial score (nSPS) is 26.1. The highest BCUT2D eigenvalue weighted by Gasteiger charge is 2.49. The van der Waals surface area contributed by atoms with Gasteiger partial charge < -0.3 is 9.47 Å². The van der Waals surface area contributed by atoms with Gasteiger partial charge in [-0.05, 0) is 60.4 Å². The fraction of sp³-hybridized carbons (Fsp3) is 0.333. The van der Waals surface area contributed by atoms with E-state index in [0.717, 1.165) is 18.4 Å². The first kappa shape index (κ1) is 18.0. The number of hydrogen-bond acceptors (Lipinski definition) is 3. The third-order valence-corrected chi connectivity index (χ3v) is 6.94. The molecule has 0 saturated carbocycles. The third-order valence-electron chi connectivity index (χ3n) is 5.81. The van der Waals surface area contributed by atoms with Gasteiger partial charge in [0.25, 0.3) is 0 Å². The van der Waals surface area contributed by atoms with Crippen LogP contribution in [0.25, 0.3) is 10.4 Å². The molecule has 0 radical (unpaired) electrons. The van der Waals surface area contributed by atoms with E-state index in [0.29, 0.717) is 12.2 Å². The second kappa shape index (κ2) is 7.11. The van der Waals surface area contributed by atoms with E-state index in [1.54, 1.807) is 11.3 Å². The van der Waals surface area contributed by atoms with Crippen LogP contribution in [0.15, 0.2) is 54.6 Å². The van der Waals surface area contributed by atoms with Crippen LogP contribution in [0.1, 0.15) is 41.0 Å².